The second-order valence-corrected chi connectivity index (χ2v) is 8.95. The molecule has 6 rings (SSSR count). The van der Waals surface area contributed by atoms with Crippen LogP contribution >= 0.6 is 11.3 Å². The number of pyridine rings is 1. The second kappa shape index (κ2) is 7.78. The molecule has 4 heterocycles. The number of fused-ring (bicyclic) bond motifs is 5. The molecule has 0 amide bonds. The van der Waals surface area contributed by atoms with E-state index in [1.54, 1.807) is 23.9 Å². The van der Waals surface area contributed by atoms with Crippen LogP contribution in [0.4, 0.5) is 5.82 Å². The molecule has 0 saturated carbocycles. The lowest BCUT2D eigenvalue weighted by Gasteiger charge is -2.19. The highest BCUT2D eigenvalue weighted by Crippen LogP contribution is 2.42. The maximum atomic E-state index is 5.73. The Morgan fingerprint density at radius 1 is 0.968 bits per heavy atom. The Hall–Kier alpha value is -3.25. The topological polar surface area (TPSA) is 63.8 Å². The van der Waals surface area contributed by atoms with Gasteiger partial charge in [0.25, 0.3) is 0 Å². The third-order valence-corrected chi connectivity index (χ3v) is 7.11. The predicted octanol–water partition coefficient (Wildman–Crippen LogP) is 6.03. The third kappa shape index (κ3) is 3.27. The first-order chi connectivity index (χ1) is 15.4. The van der Waals surface area contributed by atoms with Gasteiger partial charge in [0.2, 0.25) is 0 Å². The quantitative estimate of drug-likeness (QED) is 0.372. The fourth-order valence-electron chi connectivity index (χ4n) is 4.57. The summed E-state index contributed by atoms with van der Waals surface area (Å²) in [5, 5.41) is 4.74. The van der Waals surface area contributed by atoms with E-state index in [4.69, 9.17) is 14.4 Å². The molecule has 4 aromatic heterocycles. The van der Waals surface area contributed by atoms with Gasteiger partial charge in [-0.15, -0.1) is 11.3 Å². The molecule has 0 atom stereocenters. The summed E-state index contributed by atoms with van der Waals surface area (Å²) in [6, 6.07) is 14.5. The van der Waals surface area contributed by atoms with Gasteiger partial charge in [-0.05, 0) is 60.9 Å². The minimum atomic E-state index is 0.827. The van der Waals surface area contributed by atoms with Gasteiger partial charge >= 0.3 is 0 Å². The molecule has 0 aliphatic heterocycles. The van der Waals surface area contributed by atoms with Crippen molar-refractivity contribution in [3.05, 3.63) is 71.7 Å². The van der Waals surface area contributed by atoms with Crippen molar-refractivity contribution in [2.45, 2.75) is 32.1 Å². The minimum Gasteiger partial charge on any atom is -0.463 e. The van der Waals surface area contributed by atoms with Crippen molar-refractivity contribution in [1.29, 1.82) is 0 Å². The zero-order valence-electron chi connectivity index (χ0n) is 17.1. The molecule has 0 radical (unpaired) electrons. The van der Waals surface area contributed by atoms with Crippen molar-refractivity contribution in [2.75, 3.05) is 11.9 Å². The fraction of sp³-hybridized carbons (Fsp3) is 0.240. The first kappa shape index (κ1) is 18.5. The van der Waals surface area contributed by atoms with Crippen molar-refractivity contribution in [2.24, 2.45) is 0 Å². The lowest BCUT2D eigenvalue weighted by atomic mass is 9.88. The van der Waals surface area contributed by atoms with Crippen LogP contribution in [0.5, 0.6) is 0 Å². The van der Waals surface area contributed by atoms with Gasteiger partial charge in [0.05, 0.1) is 16.5 Å². The van der Waals surface area contributed by atoms with Crippen LogP contribution in [0.3, 0.4) is 0 Å². The van der Waals surface area contributed by atoms with Gasteiger partial charge in [-0.25, -0.2) is 15.0 Å². The number of rotatable bonds is 5. The fourth-order valence-corrected chi connectivity index (χ4v) is 5.70. The van der Waals surface area contributed by atoms with Crippen molar-refractivity contribution < 1.29 is 4.42 Å². The molecule has 0 unspecified atom stereocenters. The molecule has 5 aromatic rings. The molecule has 1 N–H and O–H groups in total. The summed E-state index contributed by atoms with van der Waals surface area (Å²) in [7, 11) is 0. The number of anilines is 1. The van der Waals surface area contributed by atoms with Crippen LogP contribution in [0.2, 0.25) is 0 Å². The molecule has 1 aliphatic carbocycles. The van der Waals surface area contributed by atoms with Crippen LogP contribution < -0.4 is 5.32 Å². The van der Waals surface area contributed by atoms with Crippen molar-refractivity contribution >= 4 is 37.6 Å². The summed E-state index contributed by atoms with van der Waals surface area (Å²) in [6.45, 7) is 0.827. The third-order valence-electron chi connectivity index (χ3n) is 6.03. The molecule has 1 aromatic carbocycles. The molecular weight excluding hydrogens is 404 g/mol. The number of nitrogens with one attached hydrogen (secondary N) is 1. The smallest absolute Gasteiger partial charge is 0.152 e. The number of benzene rings is 1. The zero-order valence-corrected chi connectivity index (χ0v) is 17.9. The number of hydrogen-bond acceptors (Lipinski definition) is 6. The number of aromatic nitrogens is 3. The van der Waals surface area contributed by atoms with Gasteiger partial charge in [-0.2, -0.15) is 0 Å². The average Bonchev–Trinajstić information content (AvgIpc) is 3.48. The molecule has 6 heteroatoms. The van der Waals surface area contributed by atoms with Crippen LogP contribution in [-0.4, -0.2) is 21.5 Å². The van der Waals surface area contributed by atoms with E-state index >= 15 is 0 Å². The Morgan fingerprint density at radius 3 is 2.68 bits per heavy atom. The normalized spacial score (nSPS) is 13.5. The number of furan rings is 1. The van der Waals surface area contributed by atoms with E-state index in [1.807, 2.05) is 18.2 Å². The average molecular weight is 427 g/mol. The molecule has 0 spiro atoms. The van der Waals surface area contributed by atoms with Gasteiger partial charge in [0.1, 0.15) is 22.7 Å². The number of thiophene rings is 1. The van der Waals surface area contributed by atoms with Gasteiger partial charge in [0.15, 0.2) is 5.76 Å². The van der Waals surface area contributed by atoms with Crippen molar-refractivity contribution in [3.8, 4) is 11.5 Å². The summed E-state index contributed by atoms with van der Waals surface area (Å²) in [6.07, 6.45) is 8.85. The SMILES string of the molecule is c1ccc(CCNc2ncnc3c2sc2nc(-c4ccco4)c4c(c23)CCCC4)cc1. The summed E-state index contributed by atoms with van der Waals surface area (Å²) >= 11 is 1.68. The highest BCUT2D eigenvalue weighted by atomic mass is 32.1. The van der Waals surface area contributed by atoms with E-state index in [1.165, 1.54) is 34.9 Å². The van der Waals surface area contributed by atoms with Gasteiger partial charge < -0.3 is 9.73 Å². The zero-order chi connectivity index (χ0) is 20.6. The number of aryl methyl sites for hydroxylation is 1. The van der Waals surface area contributed by atoms with E-state index in [2.05, 4.69) is 34.6 Å². The molecule has 1 aliphatic rings. The van der Waals surface area contributed by atoms with E-state index < -0.39 is 0 Å². The molecule has 0 saturated heterocycles. The number of hydrogen-bond donors (Lipinski definition) is 1. The maximum Gasteiger partial charge on any atom is 0.152 e. The predicted molar refractivity (Wildman–Crippen MR) is 126 cm³/mol. The largest absolute Gasteiger partial charge is 0.463 e. The molecule has 0 fully saturated rings. The molecule has 154 valence electrons. The molecule has 0 bridgehead atoms. The standard InChI is InChI=1S/C25H22N4OS/c1-2-7-16(8-3-1)12-13-26-24-23-22(27-15-28-24)20-17-9-4-5-10-18(17)21(29-25(20)31-23)19-11-6-14-30-19/h1-3,6-8,11,14-15H,4-5,9-10,12-13H2,(H,26,27,28). The number of nitrogens with zero attached hydrogens (tertiary/aromatic N) is 3. The first-order valence-electron chi connectivity index (χ1n) is 10.8. The molecule has 5 nitrogen and oxygen atoms in total. The monoisotopic (exact) mass is 426 g/mol. The highest BCUT2D eigenvalue weighted by Gasteiger charge is 2.24. The van der Waals surface area contributed by atoms with E-state index in [9.17, 15) is 0 Å². The van der Waals surface area contributed by atoms with Crippen LogP contribution in [0, 0.1) is 0 Å². The summed E-state index contributed by atoms with van der Waals surface area (Å²) in [5.74, 6) is 1.75. The molecular formula is C25H22N4OS. The minimum absolute atomic E-state index is 0.827. The Labute approximate surface area is 184 Å². The highest BCUT2D eigenvalue weighted by molar-refractivity contribution is 7.26. The van der Waals surface area contributed by atoms with E-state index in [0.29, 0.717) is 0 Å². The van der Waals surface area contributed by atoms with Crippen LogP contribution in [-0.2, 0) is 19.3 Å². The Kier molecular flexibility index (Phi) is 4.65. The molecule has 31 heavy (non-hydrogen) atoms. The summed E-state index contributed by atoms with van der Waals surface area (Å²) < 4.78 is 6.81. The lowest BCUT2D eigenvalue weighted by Crippen LogP contribution is -2.07. The van der Waals surface area contributed by atoms with Crippen LogP contribution in [0.25, 0.3) is 31.9 Å². The lowest BCUT2D eigenvalue weighted by molar-refractivity contribution is 0.577. The van der Waals surface area contributed by atoms with Crippen molar-refractivity contribution in [1.82, 2.24) is 15.0 Å². The van der Waals surface area contributed by atoms with Crippen molar-refractivity contribution in [3.63, 3.8) is 0 Å². The Balaban J connectivity index is 1.44. The van der Waals surface area contributed by atoms with Gasteiger partial charge in [-0.1, -0.05) is 30.3 Å². The van der Waals surface area contributed by atoms with E-state index in [-0.39, 0.29) is 0 Å². The van der Waals surface area contributed by atoms with Gasteiger partial charge in [-0.3, -0.25) is 0 Å². The Morgan fingerprint density at radius 2 is 1.84 bits per heavy atom. The second-order valence-electron chi connectivity index (χ2n) is 7.95. The van der Waals surface area contributed by atoms with Crippen LogP contribution in [0.15, 0.2) is 59.5 Å². The first-order valence-corrected chi connectivity index (χ1v) is 11.6. The van der Waals surface area contributed by atoms with Crippen LogP contribution in [0.1, 0.15) is 29.5 Å². The maximum absolute atomic E-state index is 5.73. The summed E-state index contributed by atoms with van der Waals surface area (Å²) in [4.78, 5) is 15.3. The van der Waals surface area contributed by atoms with Gasteiger partial charge in [0, 0.05) is 11.9 Å². The Bertz CT molecular complexity index is 1360. The summed E-state index contributed by atoms with van der Waals surface area (Å²) in [5.41, 5.74) is 6.04. The van der Waals surface area contributed by atoms with E-state index in [0.717, 1.165) is 58.1 Å².